The molecule has 2 aromatic rings. The number of rotatable bonds is 7. The molecule has 4 nitrogen and oxygen atoms in total. The Bertz CT molecular complexity index is 671. The van der Waals surface area contributed by atoms with Gasteiger partial charge in [-0.3, -0.25) is 4.79 Å². The second-order valence-corrected chi connectivity index (χ2v) is 6.95. The van der Waals surface area contributed by atoms with E-state index >= 15 is 0 Å². The van der Waals surface area contributed by atoms with E-state index in [2.05, 4.69) is 12.2 Å². The summed E-state index contributed by atoms with van der Waals surface area (Å²) in [7, 11) is 3.94. The largest absolute Gasteiger partial charge is 0.387 e. The zero-order chi connectivity index (χ0) is 17.5. The van der Waals surface area contributed by atoms with Crippen LogP contribution in [0.1, 0.15) is 28.9 Å². The lowest BCUT2D eigenvalue weighted by Crippen LogP contribution is -2.28. The summed E-state index contributed by atoms with van der Waals surface area (Å²) in [6.07, 6.45) is -0.726. The van der Waals surface area contributed by atoms with Crippen molar-refractivity contribution in [2.45, 2.75) is 17.9 Å². The fraction of sp³-hybridized carbons (Fsp3) is 0.316. The Morgan fingerprint density at radius 2 is 1.83 bits per heavy atom. The summed E-state index contributed by atoms with van der Waals surface area (Å²) < 4.78 is 0. The normalized spacial score (nSPS) is 11.8. The number of carbonyl (C=O) groups excluding carboxylic acids is 1. The average Bonchev–Trinajstić information content (AvgIpc) is 2.60. The first-order chi connectivity index (χ1) is 11.5. The van der Waals surface area contributed by atoms with Crippen molar-refractivity contribution in [3.63, 3.8) is 0 Å². The number of thioether (sulfide) groups is 1. The van der Waals surface area contributed by atoms with E-state index in [1.54, 1.807) is 11.8 Å². The van der Waals surface area contributed by atoms with Gasteiger partial charge in [0.15, 0.2) is 0 Å². The maximum atomic E-state index is 12.4. The van der Waals surface area contributed by atoms with Gasteiger partial charge >= 0.3 is 0 Å². The lowest BCUT2D eigenvalue weighted by molar-refractivity contribution is 0.0913. The molecule has 0 aliphatic rings. The van der Waals surface area contributed by atoms with Gasteiger partial charge in [0.25, 0.3) is 5.91 Å². The lowest BCUT2D eigenvalue weighted by atomic mass is 10.1. The van der Waals surface area contributed by atoms with Crippen LogP contribution in [0.25, 0.3) is 0 Å². The minimum atomic E-state index is -0.726. The monoisotopic (exact) mass is 344 g/mol. The molecule has 128 valence electrons. The third-order valence-corrected chi connectivity index (χ3v) is 4.64. The molecule has 1 amide bonds. The van der Waals surface area contributed by atoms with Crippen LogP contribution in [0.3, 0.4) is 0 Å². The van der Waals surface area contributed by atoms with Crippen LogP contribution in [0.15, 0.2) is 53.4 Å². The predicted molar refractivity (Wildman–Crippen MR) is 101 cm³/mol. The van der Waals surface area contributed by atoms with E-state index in [1.807, 2.05) is 67.5 Å². The highest BCUT2D eigenvalue weighted by Crippen LogP contribution is 2.22. The number of hydrogen-bond acceptors (Lipinski definition) is 4. The van der Waals surface area contributed by atoms with Crippen LogP contribution in [0.4, 0.5) is 5.69 Å². The Balaban J connectivity index is 1.98. The molecule has 0 aliphatic heterocycles. The summed E-state index contributed by atoms with van der Waals surface area (Å²) in [4.78, 5) is 15.3. The molecule has 0 saturated carbocycles. The van der Waals surface area contributed by atoms with Crippen LogP contribution in [0.2, 0.25) is 0 Å². The van der Waals surface area contributed by atoms with Gasteiger partial charge in [-0.2, -0.15) is 0 Å². The molecule has 1 atom stereocenters. The highest BCUT2D eigenvalue weighted by molar-refractivity contribution is 7.99. The number of amides is 1. The standard InChI is InChI=1S/C19H24N2O2S/c1-4-24-18-8-6-5-7-16(18)19(23)20-13-17(22)14-9-11-15(12-10-14)21(2)3/h5-12,17,22H,4,13H2,1-3H3,(H,20,23). The molecule has 0 fully saturated rings. The molecule has 5 heteroatoms. The van der Waals surface area contributed by atoms with Gasteiger partial charge < -0.3 is 15.3 Å². The highest BCUT2D eigenvalue weighted by Gasteiger charge is 2.13. The van der Waals surface area contributed by atoms with E-state index in [0.29, 0.717) is 5.56 Å². The van der Waals surface area contributed by atoms with Crippen molar-refractivity contribution in [1.82, 2.24) is 5.32 Å². The Hall–Kier alpha value is -1.98. The molecule has 0 bridgehead atoms. The lowest BCUT2D eigenvalue weighted by Gasteiger charge is -2.16. The van der Waals surface area contributed by atoms with Crippen molar-refractivity contribution in [3.05, 3.63) is 59.7 Å². The summed E-state index contributed by atoms with van der Waals surface area (Å²) in [5.74, 6) is 0.751. The van der Waals surface area contributed by atoms with E-state index in [1.165, 1.54) is 0 Å². The van der Waals surface area contributed by atoms with E-state index < -0.39 is 6.10 Å². The quantitative estimate of drug-likeness (QED) is 0.757. The number of aliphatic hydroxyl groups excluding tert-OH is 1. The Labute approximate surface area is 147 Å². The molecular weight excluding hydrogens is 320 g/mol. The SMILES string of the molecule is CCSc1ccccc1C(=O)NCC(O)c1ccc(N(C)C)cc1. The number of nitrogens with zero attached hydrogens (tertiary/aromatic N) is 1. The number of aliphatic hydroxyl groups is 1. The zero-order valence-electron chi connectivity index (χ0n) is 14.3. The average molecular weight is 344 g/mol. The van der Waals surface area contributed by atoms with Gasteiger partial charge in [-0.1, -0.05) is 31.2 Å². The minimum absolute atomic E-state index is 0.157. The summed E-state index contributed by atoms with van der Waals surface area (Å²) >= 11 is 1.64. The molecule has 2 aromatic carbocycles. The minimum Gasteiger partial charge on any atom is -0.387 e. The highest BCUT2D eigenvalue weighted by atomic mass is 32.2. The van der Waals surface area contributed by atoms with Crippen molar-refractivity contribution in [2.75, 3.05) is 31.3 Å². The van der Waals surface area contributed by atoms with Crippen LogP contribution in [-0.4, -0.2) is 37.4 Å². The maximum Gasteiger partial charge on any atom is 0.252 e. The number of carbonyl (C=O) groups is 1. The molecule has 0 spiro atoms. The first kappa shape index (κ1) is 18.4. The summed E-state index contributed by atoms with van der Waals surface area (Å²) in [5, 5.41) is 13.1. The molecule has 1 unspecified atom stereocenters. The molecule has 0 heterocycles. The molecule has 2 N–H and O–H groups in total. The van der Waals surface area contributed by atoms with Gasteiger partial charge in [0, 0.05) is 31.2 Å². The first-order valence-electron chi connectivity index (χ1n) is 7.98. The van der Waals surface area contributed by atoms with Gasteiger partial charge in [-0.05, 0) is 35.6 Å². The second kappa shape index (κ2) is 8.76. The zero-order valence-corrected chi connectivity index (χ0v) is 15.1. The predicted octanol–water partition coefficient (Wildman–Crippen LogP) is 3.33. The number of nitrogens with one attached hydrogen (secondary N) is 1. The molecule has 0 aliphatic carbocycles. The second-order valence-electron chi connectivity index (χ2n) is 5.64. The molecule has 2 rings (SSSR count). The Morgan fingerprint density at radius 3 is 2.46 bits per heavy atom. The fourth-order valence-corrected chi connectivity index (χ4v) is 3.13. The molecule has 0 aromatic heterocycles. The maximum absolute atomic E-state index is 12.4. The number of anilines is 1. The van der Waals surface area contributed by atoms with Crippen LogP contribution < -0.4 is 10.2 Å². The third kappa shape index (κ3) is 4.76. The number of benzene rings is 2. The van der Waals surface area contributed by atoms with E-state index in [0.717, 1.165) is 21.9 Å². The first-order valence-corrected chi connectivity index (χ1v) is 8.97. The molecule has 0 radical (unpaired) electrons. The Kier molecular flexibility index (Phi) is 6.70. The molecule has 0 saturated heterocycles. The van der Waals surface area contributed by atoms with E-state index in [4.69, 9.17) is 0 Å². The van der Waals surface area contributed by atoms with Crippen molar-refractivity contribution in [3.8, 4) is 0 Å². The van der Waals surface area contributed by atoms with Crippen LogP contribution >= 0.6 is 11.8 Å². The van der Waals surface area contributed by atoms with Crippen LogP contribution in [0, 0.1) is 0 Å². The summed E-state index contributed by atoms with van der Waals surface area (Å²) in [6, 6.07) is 15.2. The van der Waals surface area contributed by atoms with Crippen molar-refractivity contribution < 1.29 is 9.90 Å². The number of hydrogen-bond donors (Lipinski definition) is 2. The molecule has 24 heavy (non-hydrogen) atoms. The van der Waals surface area contributed by atoms with Gasteiger partial charge in [-0.25, -0.2) is 0 Å². The van der Waals surface area contributed by atoms with Crippen LogP contribution in [0.5, 0.6) is 0 Å². The van der Waals surface area contributed by atoms with E-state index in [9.17, 15) is 9.90 Å². The molecular formula is C19H24N2O2S. The van der Waals surface area contributed by atoms with Gasteiger partial charge in [-0.15, -0.1) is 11.8 Å². The van der Waals surface area contributed by atoms with E-state index in [-0.39, 0.29) is 12.5 Å². The van der Waals surface area contributed by atoms with Crippen molar-refractivity contribution in [1.29, 1.82) is 0 Å². The topological polar surface area (TPSA) is 52.6 Å². The van der Waals surface area contributed by atoms with Crippen molar-refractivity contribution >= 4 is 23.4 Å². The van der Waals surface area contributed by atoms with Crippen LogP contribution in [-0.2, 0) is 0 Å². The van der Waals surface area contributed by atoms with Gasteiger partial charge in [0.1, 0.15) is 0 Å². The smallest absolute Gasteiger partial charge is 0.252 e. The summed E-state index contributed by atoms with van der Waals surface area (Å²) in [6.45, 7) is 2.24. The Morgan fingerprint density at radius 1 is 1.17 bits per heavy atom. The van der Waals surface area contributed by atoms with Gasteiger partial charge in [0.2, 0.25) is 0 Å². The summed E-state index contributed by atoms with van der Waals surface area (Å²) in [5.41, 5.74) is 2.51. The van der Waals surface area contributed by atoms with Crippen molar-refractivity contribution in [2.24, 2.45) is 0 Å². The third-order valence-electron chi connectivity index (χ3n) is 3.68. The van der Waals surface area contributed by atoms with Gasteiger partial charge in [0.05, 0.1) is 11.7 Å². The fourth-order valence-electron chi connectivity index (χ4n) is 2.33.